The summed E-state index contributed by atoms with van der Waals surface area (Å²) in [5, 5.41) is 11.1. The van der Waals surface area contributed by atoms with E-state index in [1.807, 2.05) is 0 Å². The number of hydrogen-bond acceptors (Lipinski definition) is 3. The number of halogens is 1. The van der Waals surface area contributed by atoms with Crippen LogP contribution in [0.4, 0.5) is 4.39 Å². The minimum Gasteiger partial charge on any atom is -0.393 e. The quantitative estimate of drug-likeness (QED) is 0.855. The van der Waals surface area contributed by atoms with Crippen molar-refractivity contribution in [3.05, 3.63) is 12.4 Å². The van der Waals surface area contributed by atoms with E-state index in [4.69, 9.17) is 4.74 Å². The standard InChI is InChI=1S/C20H29FO3/c1-12-17(23)13(4-3-9-21)10-16(22)20-11-14(20)5-7-19(12)8-6-15(24-2)18(19)20/h3,9,12-16,18,22H,4-8,10-11H2,1-2H3/t12-,13?,14-,15+,16+,18?,19?,20-/m0/s1. The molecule has 0 aromatic carbocycles. The molecule has 3 unspecified atom stereocenters. The molecule has 8 atom stereocenters. The number of carbonyl (C=O) groups excluding carboxylic acids is 1. The summed E-state index contributed by atoms with van der Waals surface area (Å²) in [7, 11) is 1.78. The Balaban J connectivity index is 1.77. The number of carbonyl (C=O) groups is 1. The molecule has 4 heteroatoms. The highest BCUT2D eigenvalue weighted by atomic mass is 19.1. The number of ether oxygens (including phenoxy) is 1. The largest absolute Gasteiger partial charge is 0.393 e. The first-order valence-electron chi connectivity index (χ1n) is 9.51. The minimum absolute atomic E-state index is 0.0217. The maximum absolute atomic E-state index is 13.2. The number of methoxy groups -OCH3 is 1. The molecular formula is C20H29FO3. The van der Waals surface area contributed by atoms with Crippen LogP contribution < -0.4 is 0 Å². The van der Waals surface area contributed by atoms with Crippen molar-refractivity contribution in [2.45, 2.75) is 64.1 Å². The van der Waals surface area contributed by atoms with Gasteiger partial charge < -0.3 is 9.84 Å². The molecule has 0 aliphatic heterocycles. The van der Waals surface area contributed by atoms with E-state index in [1.165, 1.54) is 6.08 Å². The molecule has 0 saturated heterocycles. The number of rotatable bonds is 3. The molecule has 4 rings (SSSR count). The number of ketones is 1. The fourth-order valence-electron chi connectivity index (χ4n) is 7.07. The van der Waals surface area contributed by atoms with Gasteiger partial charge in [0.1, 0.15) is 5.78 Å². The predicted molar refractivity (Wildman–Crippen MR) is 88.9 cm³/mol. The van der Waals surface area contributed by atoms with Crippen LogP contribution in [-0.2, 0) is 9.53 Å². The lowest BCUT2D eigenvalue weighted by molar-refractivity contribution is -0.151. The highest BCUT2D eigenvalue weighted by Gasteiger charge is 2.75. The van der Waals surface area contributed by atoms with E-state index < -0.39 is 6.10 Å². The number of allylic oxidation sites excluding steroid dienone is 1. The second-order valence-electron chi connectivity index (χ2n) is 8.75. The predicted octanol–water partition coefficient (Wildman–Crippen LogP) is 3.66. The SMILES string of the molecule is CO[C@@H]1CCC23CC[C@H]4C[C@@]4(C12)[C@H](O)CC(CC=CF)C(=O)[C@@H]3C. The third-order valence-electron chi connectivity index (χ3n) is 8.25. The molecule has 24 heavy (non-hydrogen) atoms. The summed E-state index contributed by atoms with van der Waals surface area (Å²) in [6.45, 7) is 2.09. The Morgan fingerprint density at radius 2 is 2.12 bits per heavy atom. The van der Waals surface area contributed by atoms with E-state index in [9.17, 15) is 14.3 Å². The van der Waals surface area contributed by atoms with Crippen LogP contribution in [0, 0.1) is 34.5 Å². The van der Waals surface area contributed by atoms with Crippen LogP contribution in [0.15, 0.2) is 12.4 Å². The van der Waals surface area contributed by atoms with Gasteiger partial charge in [-0.2, -0.15) is 0 Å². The van der Waals surface area contributed by atoms with Crippen LogP contribution in [0.25, 0.3) is 0 Å². The molecule has 134 valence electrons. The highest BCUT2D eigenvalue weighted by molar-refractivity contribution is 5.84. The Bertz CT molecular complexity index is 561. The van der Waals surface area contributed by atoms with Crippen molar-refractivity contribution in [3.63, 3.8) is 0 Å². The molecule has 0 radical (unpaired) electrons. The number of Topliss-reactive ketones (excluding diaryl/α,β-unsaturated/α-hetero) is 1. The van der Waals surface area contributed by atoms with Crippen molar-refractivity contribution in [2.75, 3.05) is 7.11 Å². The van der Waals surface area contributed by atoms with Gasteiger partial charge in [0.25, 0.3) is 0 Å². The first kappa shape index (κ1) is 16.7. The first-order chi connectivity index (χ1) is 11.5. The highest BCUT2D eigenvalue weighted by Crippen LogP contribution is 2.77. The maximum Gasteiger partial charge on any atom is 0.139 e. The van der Waals surface area contributed by atoms with E-state index in [-0.39, 0.29) is 34.6 Å². The van der Waals surface area contributed by atoms with Crippen molar-refractivity contribution < 1.29 is 19.0 Å². The molecule has 4 aliphatic rings. The fourth-order valence-corrected chi connectivity index (χ4v) is 7.07. The van der Waals surface area contributed by atoms with E-state index in [0.29, 0.717) is 31.0 Å². The van der Waals surface area contributed by atoms with Crippen LogP contribution in [0.2, 0.25) is 0 Å². The van der Waals surface area contributed by atoms with E-state index >= 15 is 0 Å². The molecule has 0 heterocycles. The van der Waals surface area contributed by atoms with Crippen LogP contribution >= 0.6 is 0 Å². The Kier molecular flexibility index (Phi) is 3.92. The summed E-state index contributed by atoms with van der Waals surface area (Å²) in [6, 6.07) is 0. The zero-order chi connectivity index (χ0) is 17.1. The Labute approximate surface area is 143 Å². The maximum atomic E-state index is 13.2. The Hall–Kier alpha value is -0.740. The molecular weight excluding hydrogens is 307 g/mol. The smallest absolute Gasteiger partial charge is 0.139 e. The third kappa shape index (κ3) is 1.99. The molecule has 4 saturated carbocycles. The van der Waals surface area contributed by atoms with E-state index in [1.54, 1.807) is 7.11 Å². The lowest BCUT2D eigenvalue weighted by Crippen LogP contribution is -2.54. The zero-order valence-electron chi connectivity index (χ0n) is 14.7. The number of hydrogen-bond donors (Lipinski definition) is 1. The average Bonchev–Trinajstić information content (AvgIpc) is 3.22. The van der Waals surface area contributed by atoms with Gasteiger partial charge in [-0.3, -0.25) is 4.79 Å². The molecule has 0 aromatic rings. The lowest BCUT2D eigenvalue weighted by Gasteiger charge is -2.53. The second kappa shape index (κ2) is 5.63. The summed E-state index contributed by atoms with van der Waals surface area (Å²) in [5.41, 5.74) is -0.0775. The van der Waals surface area contributed by atoms with Gasteiger partial charge >= 0.3 is 0 Å². The van der Waals surface area contributed by atoms with E-state index in [0.717, 1.165) is 32.1 Å². The van der Waals surface area contributed by atoms with Gasteiger partial charge in [-0.1, -0.05) is 13.0 Å². The summed E-state index contributed by atoms with van der Waals surface area (Å²) in [4.78, 5) is 13.2. The fraction of sp³-hybridized carbons (Fsp3) is 0.850. The molecule has 4 aliphatic carbocycles. The van der Waals surface area contributed by atoms with E-state index in [2.05, 4.69) is 6.92 Å². The van der Waals surface area contributed by atoms with Crippen LogP contribution in [-0.4, -0.2) is 30.2 Å². The molecule has 4 fully saturated rings. The summed E-state index contributed by atoms with van der Waals surface area (Å²) in [6.07, 6.45) is 7.87. The van der Waals surface area contributed by atoms with Gasteiger partial charge in [0.05, 0.1) is 18.5 Å². The van der Waals surface area contributed by atoms with Gasteiger partial charge in [0.2, 0.25) is 0 Å². The molecule has 2 bridgehead atoms. The van der Waals surface area contributed by atoms with Crippen LogP contribution in [0.1, 0.15) is 51.9 Å². The summed E-state index contributed by atoms with van der Waals surface area (Å²) < 4.78 is 18.3. The van der Waals surface area contributed by atoms with Crippen LogP contribution in [0.3, 0.4) is 0 Å². The lowest BCUT2D eigenvalue weighted by atomic mass is 9.52. The van der Waals surface area contributed by atoms with Gasteiger partial charge in [-0.25, -0.2) is 4.39 Å². The van der Waals surface area contributed by atoms with Crippen molar-refractivity contribution in [1.29, 1.82) is 0 Å². The van der Waals surface area contributed by atoms with Gasteiger partial charge in [-0.05, 0) is 62.2 Å². The monoisotopic (exact) mass is 336 g/mol. The molecule has 0 amide bonds. The van der Waals surface area contributed by atoms with Crippen molar-refractivity contribution in [2.24, 2.45) is 34.5 Å². The van der Waals surface area contributed by atoms with Gasteiger partial charge in [0.15, 0.2) is 0 Å². The summed E-state index contributed by atoms with van der Waals surface area (Å²) in [5.74, 6) is 0.839. The minimum atomic E-state index is -0.461. The van der Waals surface area contributed by atoms with Crippen molar-refractivity contribution >= 4 is 5.78 Å². The van der Waals surface area contributed by atoms with Crippen LogP contribution in [0.5, 0.6) is 0 Å². The Morgan fingerprint density at radius 1 is 1.38 bits per heavy atom. The first-order valence-corrected chi connectivity index (χ1v) is 9.51. The zero-order valence-corrected chi connectivity index (χ0v) is 14.7. The number of aliphatic hydroxyl groups is 1. The van der Waals surface area contributed by atoms with Gasteiger partial charge in [-0.15, -0.1) is 0 Å². The van der Waals surface area contributed by atoms with Crippen molar-refractivity contribution in [1.82, 2.24) is 0 Å². The number of aliphatic hydroxyl groups excluding tert-OH is 1. The molecule has 1 spiro atoms. The Morgan fingerprint density at radius 3 is 2.83 bits per heavy atom. The van der Waals surface area contributed by atoms with Crippen molar-refractivity contribution in [3.8, 4) is 0 Å². The normalized spacial score (nSPS) is 53.4. The second-order valence-corrected chi connectivity index (χ2v) is 8.75. The molecule has 1 N–H and O–H groups in total. The van der Waals surface area contributed by atoms with Gasteiger partial charge in [0, 0.05) is 24.4 Å². The molecule has 3 nitrogen and oxygen atoms in total. The summed E-state index contributed by atoms with van der Waals surface area (Å²) >= 11 is 0. The molecule has 0 aromatic heterocycles. The third-order valence-corrected chi connectivity index (χ3v) is 8.25. The topological polar surface area (TPSA) is 46.5 Å². The average molecular weight is 336 g/mol.